The third-order valence-corrected chi connectivity index (χ3v) is 4.55. The number of carbonyl (C=O) groups is 2. The Balaban J connectivity index is 1.81. The first-order valence-electron chi connectivity index (χ1n) is 7.87. The van der Waals surface area contributed by atoms with Crippen LogP contribution in [0.4, 0.5) is 0 Å². The maximum absolute atomic E-state index is 12.6. The predicted molar refractivity (Wildman–Crippen MR) is 82.3 cm³/mol. The van der Waals surface area contributed by atoms with Crippen molar-refractivity contribution in [2.75, 3.05) is 32.8 Å². The van der Waals surface area contributed by atoms with Gasteiger partial charge in [0, 0.05) is 26.6 Å². The van der Waals surface area contributed by atoms with Gasteiger partial charge in [-0.25, -0.2) is 0 Å². The van der Waals surface area contributed by atoms with Crippen LogP contribution in [0.3, 0.4) is 0 Å². The van der Waals surface area contributed by atoms with Gasteiger partial charge in [-0.05, 0) is 17.5 Å². The fraction of sp³-hybridized carbons (Fsp3) is 0.529. The number of hydrogen-bond donors (Lipinski definition) is 0. The molecule has 1 saturated heterocycles. The average Bonchev–Trinajstić information content (AvgIpc) is 2.55. The van der Waals surface area contributed by atoms with Crippen LogP contribution < -0.4 is 0 Å². The Morgan fingerprint density at radius 1 is 1.18 bits per heavy atom. The van der Waals surface area contributed by atoms with Crippen molar-refractivity contribution in [3.8, 4) is 0 Å². The summed E-state index contributed by atoms with van der Waals surface area (Å²) in [5.41, 5.74) is 2.37. The van der Waals surface area contributed by atoms with E-state index in [-0.39, 0.29) is 17.9 Å². The molecule has 0 spiro atoms. The average molecular weight is 302 g/mol. The summed E-state index contributed by atoms with van der Waals surface area (Å²) in [6.07, 6.45) is 1.22. The number of amides is 2. The van der Waals surface area contributed by atoms with Gasteiger partial charge in [0.1, 0.15) is 0 Å². The number of nitrogens with zero attached hydrogens (tertiary/aromatic N) is 2. The van der Waals surface area contributed by atoms with Gasteiger partial charge in [0.2, 0.25) is 11.8 Å². The summed E-state index contributed by atoms with van der Waals surface area (Å²) < 4.78 is 5.30. The predicted octanol–water partition coefficient (Wildman–Crippen LogP) is 1.38. The standard InChI is InChI=1S/C17H22N2O3/c1-13(20)19-7-6-14-4-2-3-5-15(14)16(19)12-17(21)18-8-10-22-11-9-18/h2-5,16H,6-12H2,1H3/t16-/m0/s1. The Morgan fingerprint density at radius 3 is 2.64 bits per heavy atom. The van der Waals surface area contributed by atoms with Gasteiger partial charge in [-0.15, -0.1) is 0 Å². The summed E-state index contributed by atoms with van der Waals surface area (Å²) in [6, 6.07) is 8.00. The maximum Gasteiger partial charge on any atom is 0.225 e. The molecule has 0 aliphatic carbocycles. The zero-order valence-corrected chi connectivity index (χ0v) is 13.0. The molecule has 0 unspecified atom stereocenters. The van der Waals surface area contributed by atoms with Crippen molar-refractivity contribution in [2.24, 2.45) is 0 Å². The molecule has 0 radical (unpaired) electrons. The minimum Gasteiger partial charge on any atom is -0.378 e. The van der Waals surface area contributed by atoms with Crippen molar-refractivity contribution in [3.63, 3.8) is 0 Å². The normalized spacial score (nSPS) is 21.4. The monoisotopic (exact) mass is 302 g/mol. The van der Waals surface area contributed by atoms with Gasteiger partial charge >= 0.3 is 0 Å². The lowest BCUT2D eigenvalue weighted by molar-refractivity contribution is -0.139. The van der Waals surface area contributed by atoms with Crippen LogP contribution in [0, 0.1) is 0 Å². The Kier molecular flexibility index (Phi) is 4.43. The van der Waals surface area contributed by atoms with Crippen molar-refractivity contribution in [1.82, 2.24) is 9.80 Å². The summed E-state index contributed by atoms with van der Waals surface area (Å²) in [6.45, 7) is 4.76. The van der Waals surface area contributed by atoms with Crippen molar-refractivity contribution in [3.05, 3.63) is 35.4 Å². The smallest absolute Gasteiger partial charge is 0.225 e. The van der Waals surface area contributed by atoms with Gasteiger partial charge in [-0.2, -0.15) is 0 Å². The van der Waals surface area contributed by atoms with E-state index < -0.39 is 0 Å². The van der Waals surface area contributed by atoms with Crippen LogP contribution in [-0.4, -0.2) is 54.5 Å². The molecule has 0 aromatic heterocycles. The molecule has 2 aliphatic heterocycles. The highest BCUT2D eigenvalue weighted by molar-refractivity contribution is 5.80. The van der Waals surface area contributed by atoms with Crippen molar-refractivity contribution >= 4 is 11.8 Å². The fourth-order valence-electron chi connectivity index (χ4n) is 3.36. The molecule has 1 aromatic carbocycles. The molecule has 0 saturated carbocycles. The summed E-state index contributed by atoms with van der Waals surface area (Å²) in [4.78, 5) is 28.2. The molecule has 1 fully saturated rings. The number of morpholine rings is 1. The van der Waals surface area contributed by atoms with Crippen LogP contribution in [0.25, 0.3) is 0 Å². The van der Waals surface area contributed by atoms with Crippen LogP contribution in [-0.2, 0) is 20.7 Å². The number of rotatable bonds is 2. The molecule has 2 amide bonds. The van der Waals surface area contributed by atoms with Gasteiger partial charge in [-0.1, -0.05) is 24.3 Å². The summed E-state index contributed by atoms with van der Waals surface area (Å²) >= 11 is 0. The molecule has 22 heavy (non-hydrogen) atoms. The van der Waals surface area contributed by atoms with E-state index in [1.165, 1.54) is 5.56 Å². The molecule has 118 valence electrons. The number of fused-ring (bicyclic) bond motifs is 1. The Hall–Kier alpha value is -1.88. The van der Waals surface area contributed by atoms with Crippen LogP contribution in [0.5, 0.6) is 0 Å². The van der Waals surface area contributed by atoms with Crippen LogP contribution in [0.15, 0.2) is 24.3 Å². The van der Waals surface area contributed by atoms with E-state index >= 15 is 0 Å². The van der Waals surface area contributed by atoms with Crippen LogP contribution in [0.2, 0.25) is 0 Å². The molecule has 3 rings (SSSR count). The molecule has 5 nitrogen and oxygen atoms in total. The Labute approximate surface area is 130 Å². The highest BCUT2D eigenvalue weighted by atomic mass is 16.5. The Morgan fingerprint density at radius 2 is 1.91 bits per heavy atom. The molecule has 1 aromatic rings. The first-order chi connectivity index (χ1) is 10.7. The van der Waals surface area contributed by atoms with Gasteiger partial charge < -0.3 is 14.5 Å². The van der Waals surface area contributed by atoms with E-state index in [1.807, 2.05) is 28.0 Å². The van der Waals surface area contributed by atoms with Crippen LogP contribution in [0.1, 0.15) is 30.5 Å². The van der Waals surface area contributed by atoms with Crippen LogP contribution >= 0.6 is 0 Å². The SMILES string of the molecule is CC(=O)N1CCc2ccccc2[C@@H]1CC(=O)N1CCOCC1. The van der Waals surface area contributed by atoms with E-state index in [2.05, 4.69) is 6.07 Å². The third-order valence-electron chi connectivity index (χ3n) is 4.55. The molecule has 0 N–H and O–H groups in total. The van der Waals surface area contributed by atoms with Crippen molar-refractivity contribution in [1.29, 1.82) is 0 Å². The molecule has 1 atom stereocenters. The lowest BCUT2D eigenvalue weighted by atomic mass is 9.90. The minimum absolute atomic E-state index is 0.0364. The molecule has 0 bridgehead atoms. The van der Waals surface area contributed by atoms with Crippen molar-refractivity contribution in [2.45, 2.75) is 25.8 Å². The third kappa shape index (κ3) is 2.99. The second-order valence-corrected chi connectivity index (χ2v) is 5.87. The largest absolute Gasteiger partial charge is 0.378 e. The number of carbonyl (C=O) groups excluding carboxylic acids is 2. The topological polar surface area (TPSA) is 49.9 Å². The lowest BCUT2D eigenvalue weighted by Crippen LogP contribution is -2.45. The number of ether oxygens (including phenoxy) is 1. The first-order valence-corrected chi connectivity index (χ1v) is 7.87. The molecular formula is C17H22N2O3. The zero-order chi connectivity index (χ0) is 15.5. The first kappa shape index (κ1) is 15.0. The van der Waals surface area contributed by atoms with E-state index in [4.69, 9.17) is 4.74 Å². The van der Waals surface area contributed by atoms with Gasteiger partial charge in [-0.3, -0.25) is 9.59 Å². The van der Waals surface area contributed by atoms with Gasteiger partial charge in [0.25, 0.3) is 0 Å². The van der Waals surface area contributed by atoms with E-state index in [9.17, 15) is 9.59 Å². The Bertz CT molecular complexity index is 567. The fourth-order valence-corrected chi connectivity index (χ4v) is 3.36. The van der Waals surface area contributed by atoms with E-state index in [0.29, 0.717) is 39.3 Å². The highest BCUT2D eigenvalue weighted by Crippen LogP contribution is 2.32. The molecule has 2 heterocycles. The minimum atomic E-state index is -0.141. The van der Waals surface area contributed by atoms with E-state index in [1.54, 1.807) is 6.92 Å². The summed E-state index contributed by atoms with van der Waals surface area (Å²) in [5.74, 6) is 0.144. The molecule has 5 heteroatoms. The lowest BCUT2D eigenvalue weighted by Gasteiger charge is -2.38. The second-order valence-electron chi connectivity index (χ2n) is 5.87. The zero-order valence-electron chi connectivity index (χ0n) is 13.0. The second kappa shape index (κ2) is 6.48. The number of hydrogen-bond acceptors (Lipinski definition) is 3. The van der Waals surface area contributed by atoms with Gasteiger partial charge in [0.15, 0.2) is 0 Å². The maximum atomic E-state index is 12.6. The summed E-state index contributed by atoms with van der Waals surface area (Å²) in [7, 11) is 0. The molecule has 2 aliphatic rings. The summed E-state index contributed by atoms with van der Waals surface area (Å²) in [5, 5.41) is 0. The highest BCUT2D eigenvalue weighted by Gasteiger charge is 2.32. The van der Waals surface area contributed by atoms with Gasteiger partial charge in [0.05, 0.1) is 25.7 Å². The molecular weight excluding hydrogens is 280 g/mol. The quantitative estimate of drug-likeness (QED) is 0.829. The number of benzene rings is 1. The van der Waals surface area contributed by atoms with Crippen molar-refractivity contribution < 1.29 is 14.3 Å². The van der Waals surface area contributed by atoms with E-state index in [0.717, 1.165) is 12.0 Å².